The van der Waals surface area contributed by atoms with Crippen molar-refractivity contribution >= 4 is 57.7 Å². The van der Waals surface area contributed by atoms with Gasteiger partial charge in [-0.3, -0.25) is 24.5 Å². The van der Waals surface area contributed by atoms with Crippen molar-refractivity contribution in [1.29, 1.82) is 0 Å². The molecule has 1 saturated carbocycles. The van der Waals surface area contributed by atoms with Gasteiger partial charge < -0.3 is 15.5 Å². The van der Waals surface area contributed by atoms with Crippen molar-refractivity contribution in [2.75, 3.05) is 53.2 Å². The first kappa shape index (κ1) is 30.8. The third kappa shape index (κ3) is 6.64. The van der Waals surface area contributed by atoms with Crippen LogP contribution in [0.2, 0.25) is 0 Å². The number of amides is 3. The van der Waals surface area contributed by atoms with Crippen LogP contribution in [0.1, 0.15) is 43.7 Å². The van der Waals surface area contributed by atoms with Crippen LogP contribution in [0, 0.1) is 0 Å². The average Bonchev–Trinajstić information content (AvgIpc) is 3.78. The number of imide groups is 1. The van der Waals surface area contributed by atoms with Crippen LogP contribution < -0.4 is 25.8 Å². The number of hydrogen-bond acceptors (Lipinski definition) is 9. The molecular formula is C37H40N10O2. The van der Waals surface area contributed by atoms with Gasteiger partial charge in [0, 0.05) is 74.5 Å². The fourth-order valence-corrected chi connectivity index (χ4v) is 7.19. The molecule has 12 nitrogen and oxygen atoms in total. The van der Waals surface area contributed by atoms with Gasteiger partial charge in [-0.25, -0.2) is 14.8 Å². The van der Waals surface area contributed by atoms with Gasteiger partial charge in [0.15, 0.2) is 5.65 Å². The summed E-state index contributed by atoms with van der Waals surface area (Å²) >= 11 is 0. The number of carbonyl (C=O) groups is 2. The van der Waals surface area contributed by atoms with Crippen molar-refractivity contribution in [2.24, 2.45) is 0 Å². The third-order valence-corrected chi connectivity index (χ3v) is 9.74. The molecule has 2 saturated heterocycles. The maximum atomic E-state index is 12.5. The molecule has 12 heteroatoms. The molecule has 49 heavy (non-hydrogen) atoms. The number of nitrogens with one attached hydrogen (secondary N) is 3. The average molecular weight is 657 g/mol. The summed E-state index contributed by atoms with van der Waals surface area (Å²) in [5.74, 6) is 1.13. The molecule has 0 atom stereocenters. The zero-order chi connectivity index (χ0) is 33.2. The molecule has 0 unspecified atom stereocenters. The Morgan fingerprint density at radius 2 is 1.51 bits per heavy atom. The summed E-state index contributed by atoms with van der Waals surface area (Å²) in [7, 11) is 0. The van der Waals surface area contributed by atoms with E-state index in [1.54, 1.807) is 11.1 Å². The van der Waals surface area contributed by atoms with Crippen LogP contribution in [0.25, 0.3) is 11.2 Å². The van der Waals surface area contributed by atoms with E-state index in [0.29, 0.717) is 25.0 Å². The summed E-state index contributed by atoms with van der Waals surface area (Å²) in [6.45, 7) is 4.76. The van der Waals surface area contributed by atoms with Gasteiger partial charge in [0.2, 0.25) is 17.8 Å². The van der Waals surface area contributed by atoms with E-state index in [4.69, 9.17) is 9.97 Å². The lowest BCUT2D eigenvalue weighted by Crippen LogP contribution is -2.50. The first-order chi connectivity index (χ1) is 24.1. The first-order valence-corrected chi connectivity index (χ1v) is 17.2. The fourth-order valence-electron chi connectivity index (χ4n) is 7.19. The summed E-state index contributed by atoms with van der Waals surface area (Å²) in [5.41, 5.74) is 6.68. The van der Waals surface area contributed by atoms with Crippen LogP contribution in [0.5, 0.6) is 0 Å². The third-order valence-electron chi connectivity index (χ3n) is 9.74. The Hall–Kier alpha value is -5.49. The summed E-state index contributed by atoms with van der Waals surface area (Å²) in [6, 6.07) is 26.6. The highest BCUT2D eigenvalue weighted by Gasteiger charge is 2.27. The predicted octanol–water partition coefficient (Wildman–Crippen LogP) is 6.20. The van der Waals surface area contributed by atoms with Gasteiger partial charge in [-0.2, -0.15) is 4.98 Å². The smallest absolute Gasteiger partial charge is 0.328 e. The molecule has 0 radical (unpaired) electrons. The van der Waals surface area contributed by atoms with Crippen molar-refractivity contribution in [3.8, 4) is 0 Å². The molecule has 3 aromatic carbocycles. The number of hydrogen-bond donors (Lipinski definition) is 3. The highest BCUT2D eigenvalue weighted by Crippen LogP contribution is 2.36. The number of carbonyl (C=O) groups excluding carboxylic acids is 2. The quantitative estimate of drug-likeness (QED) is 0.170. The van der Waals surface area contributed by atoms with Gasteiger partial charge in [0.05, 0.1) is 6.20 Å². The normalized spacial score (nSPS) is 17.5. The van der Waals surface area contributed by atoms with Crippen molar-refractivity contribution < 1.29 is 9.59 Å². The van der Waals surface area contributed by atoms with E-state index in [0.717, 1.165) is 85.3 Å². The topological polar surface area (TPSA) is 124 Å². The lowest BCUT2D eigenvalue weighted by Gasteiger charge is -2.37. The number of anilines is 6. The lowest BCUT2D eigenvalue weighted by molar-refractivity contribution is -0.120. The minimum absolute atomic E-state index is 0.220. The van der Waals surface area contributed by atoms with Crippen molar-refractivity contribution in [2.45, 2.75) is 44.7 Å². The second-order valence-corrected chi connectivity index (χ2v) is 13.0. The van der Waals surface area contributed by atoms with E-state index in [9.17, 15) is 9.59 Å². The van der Waals surface area contributed by atoms with Gasteiger partial charge in [-0.1, -0.05) is 49.2 Å². The van der Waals surface area contributed by atoms with E-state index in [1.165, 1.54) is 18.5 Å². The Morgan fingerprint density at radius 3 is 2.29 bits per heavy atom. The second-order valence-electron chi connectivity index (χ2n) is 13.0. The fraction of sp³-hybridized carbons (Fsp3) is 0.324. The molecule has 0 bridgehead atoms. The van der Waals surface area contributed by atoms with Gasteiger partial charge in [-0.05, 0) is 60.9 Å². The zero-order valence-corrected chi connectivity index (χ0v) is 27.4. The number of para-hydroxylation sites is 2. The van der Waals surface area contributed by atoms with E-state index < -0.39 is 0 Å². The Morgan fingerprint density at radius 1 is 0.776 bits per heavy atom. The molecule has 3 N–H and O–H groups in total. The molecule has 3 fully saturated rings. The van der Waals surface area contributed by atoms with Crippen LogP contribution >= 0.6 is 0 Å². The number of nitrogens with zero attached hydrogens (tertiary/aromatic N) is 7. The number of benzene rings is 3. The molecule has 1 aliphatic carbocycles. The van der Waals surface area contributed by atoms with E-state index >= 15 is 0 Å². The molecule has 0 spiro atoms. The highest BCUT2D eigenvalue weighted by atomic mass is 16.2. The van der Waals surface area contributed by atoms with Crippen molar-refractivity contribution in [3.63, 3.8) is 0 Å². The van der Waals surface area contributed by atoms with E-state index in [-0.39, 0.29) is 11.9 Å². The highest BCUT2D eigenvalue weighted by molar-refractivity contribution is 6.05. The Bertz CT molecular complexity index is 1950. The summed E-state index contributed by atoms with van der Waals surface area (Å²) in [5, 5.41) is 9.36. The Balaban J connectivity index is 0.916. The largest absolute Gasteiger partial charge is 0.369 e. The first-order valence-electron chi connectivity index (χ1n) is 17.2. The number of imidazole rings is 1. The number of urea groups is 1. The van der Waals surface area contributed by atoms with Crippen LogP contribution in [-0.4, -0.2) is 69.1 Å². The molecule has 3 aliphatic rings. The van der Waals surface area contributed by atoms with Gasteiger partial charge in [-0.15, -0.1) is 0 Å². The molecule has 250 valence electrons. The minimum Gasteiger partial charge on any atom is -0.369 e. The maximum Gasteiger partial charge on any atom is 0.328 e. The minimum atomic E-state index is -0.348. The zero-order valence-electron chi connectivity index (χ0n) is 27.4. The SMILES string of the molecule is O=C1CCN(c2ccccc2CN2CCN(c3ccc(Nc4ncc5nc(Nc6ccccc6)n(C6CCCC6)c5n4)cc3)CC2)C(=O)N1. The molecule has 8 rings (SSSR count). The molecule has 3 amide bonds. The number of fused-ring (bicyclic) bond motifs is 1. The van der Waals surface area contributed by atoms with Gasteiger partial charge in [0.1, 0.15) is 5.52 Å². The summed E-state index contributed by atoms with van der Waals surface area (Å²) in [4.78, 5) is 45.1. The maximum absolute atomic E-state index is 12.5. The van der Waals surface area contributed by atoms with Crippen LogP contribution in [0.15, 0.2) is 85.1 Å². The van der Waals surface area contributed by atoms with Crippen LogP contribution in [0.4, 0.5) is 39.4 Å². The van der Waals surface area contributed by atoms with Crippen molar-refractivity contribution in [3.05, 3.63) is 90.6 Å². The monoisotopic (exact) mass is 656 g/mol. The van der Waals surface area contributed by atoms with Gasteiger partial charge >= 0.3 is 6.03 Å². The van der Waals surface area contributed by atoms with E-state index in [2.05, 4.69) is 65.6 Å². The molecule has 4 heterocycles. The molecular weight excluding hydrogens is 616 g/mol. The Kier molecular flexibility index (Phi) is 8.53. The number of rotatable bonds is 9. The van der Waals surface area contributed by atoms with Crippen molar-refractivity contribution in [1.82, 2.24) is 29.7 Å². The second kappa shape index (κ2) is 13.6. The predicted molar refractivity (Wildman–Crippen MR) is 192 cm³/mol. The van der Waals surface area contributed by atoms with Gasteiger partial charge in [0.25, 0.3) is 0 Å². The molecule has 5 aromatic rings. The lowest BCUT2D eigenvalue weighted by atomic mass is 10.1. The van der Waals surface area contributed by atoms with Crippen LogP contribution in [-0.2, 0) is 11.3 Å². The summed E-state index contributed by atoms with van der Waals surface area (Å²) < 4.78 is 2.26. The molecule has 2 aliphatic heterocycles. The number of aromatic nitrogens is 4. The number of piperazine rings is 1. The van der Waals surface area contributed by atoms with E-state index in [1.807, 2.05) is 48.5 Å². The molecule has 2 aromatic heterocycles. The van der Waals surface area contributed by atoms with Crippen LogP contribution in [0.3, 0.4) is 0 Å². The summed E-state index contributed by atoms with van der Waals surface area (Å²) in [6.07, 6.45) is 6.78. The Labute approximate surface area is 285 Å². The standard InChI is InChI=1S/C37H40N10O2/c48-33-18-19-46(37(49)42-33)32-13-7-4-8-26(32)25-44-20-22-45(23-21-44)29-16-14-28(15-17-29)39-35-38-24-31-34(43-35)47(30-11-5-6-12-30)36(41-31)40-27-9-2-1-3-10-27/h1-4,7-10,13-17,24,30H,5-6,11-12,18-23,25H2,(H,40,41)(H,38,39,43)(H,42,48,49).